The minimum atomic E-state index is -2.86. The lowest BCUT2D eigenvalue weighted by molar-refractivity contribution is 0.598. The van der Waals surface area contributed by atoms with Crippen LogP contribution in [0.1, 0.15) is 0 Å². The van der Waals surface area contributed by atoms with Crippen molar-refractivity contribution in [1.82, 2.24) is 20.1 Å². The van der Waals surface area contributed by atoms with Crippen LogP contribution in [0.5, 0.6) is 0 Å². The van der Waals surface area contributed by atoms with E-state index < -0.39 is 9.84 Å². The zero-order chi connectivity index (χ0) is 12.0. The van der Waals surface area contributed by atoms with Crippen LogP contribution in [0.4, 0.5) is 0 Å². The van der Waals surface area contributed by atoms with E-state index in [4.69, 9.17) is 0 Å². The molecule has 0 atom stereocenters. The fraction of sp³-hybridized carbons (Fsp3) is 0.750. The Morgan fingerprint density at radius 3 is 2.81 bits per heavy atom. The molecule has 0 spiro atoms. The first-order valence-electron chi connectivity index (χ1n) is 4.84. The molecular formula is C8H16N4O2S2. The maximum absolute atomic E-state index is 10.8. The number of nitrogens with one attached hydrogen (secondary N) is 1. The van der Waals surface area contributed by atoms with Gasteiger partial charge in [-0.15, -0.1) is 10.2 Å². The molecule has 1 rings (SSSR count). The van der Waals surface area contributed by atoms with Gasteiger partial charge in [0, 0.05) is 32.1 Å². The van der Waals surface area contributed by atoms with Crippen molar-refractivity contribution in [2.24, 2.45) is 7.05 Å². The summed E-state index contributed by atoms with van der Waals surface area (Å²) in [4.78, 5) is 0. The van der Waals surface area contributed by atoms with E-state index in [1.54, 1.807) is 18.1 Å². The van der Waals surface area contributed by atoms with Crippen molar-refractivity contribution in [3.8, 4) is 0 Å². The summed E-state index contributed by atoms with van der Waals surface area (Å²) in [6.45, 7) is 1.26. The van der Waals surface area contributed by atoms with Gasteiger partial charge in [-0.05, 0) is 0 Å². The Balaban J connectivity index is 2.07. The zero-order valence-electron chi connectivity index (χ0n) is 9.38. The molecule has 0 saturated heterocycles. The molecule has 6 nitrogen and oxygen atoms in total. The number of aryl methyl sites for hydroxylation is 1. The van der Waals surface area contributed by atoms with E-state index in [0.29, 0.717) is 6.54 Å². The number of aromatic nitrogens is 3. The molecule has 1 aromatic rings. The number of thioether (sulfide) groups is 1. The molecule has 0 amide bonds. The van der Waals surface area contributed by atoms with Crippen LogP contribution in [0.25, 0.3) is 0 Å². The van der Waals surface area contributed by atoms with Gasteiger partial charge in [0.1, 0.15) is 16.2 Å². The molecule has 0 unspecified atom stereocenters. The summed E-state index contributed by atoms with van der Waals surface area (Å²) >= 11 is 1.59. The Labute approximate surface area is 99.7 Å². The summed E-state index contributed by atoms with van der Waals surface area (Å²) in [6, 6.07) is 0. The molecule has 92 valence electrons. The highest BCUT2D eigenvalue weighted by Crippen LogP contribution is 2.11. The molecule has 0 aliphatic rings. The van der Waals surface area contributed by atoms with Gasteiger partial charge in [0.15, 0.2) is 5.16 Å². The van der Waals surface area contributed by atoms with Crippen LogP contribution in [0.2, 0.25) is 0 Å². The highest BCUT2D eigenvalue weighted by molar-refractivity contribution is 7.99. The summed E-state index contributed by atoms with van der Waals surface area (Å²) in [5.41, 5.74) is 0. The second kappa shape index (κ2) is 6.21. The second-order valence-electron chi connectivity index (χ2n) is 3.45. The highest BCUT2D eigenvalue weighted by atomic mass is 32.2. The maximum Gasteiger partial charge on any atom is 0.190 e. The van der Waals surface area contributed by atoms with Crippen LogP contribution in [0.15, 0.2) is 11.5 Å². The fourth-order valence-corrected chi connectivity index (χ4v) is 2.30. The average molecular weight is 264 g/mol. The van der Waals surface area contributed by atoms with Crippen LogP contribution in [0.3, 0.4) is 0 Å². The van der Waals surface area contributed by atoms with Gasteiger partial charge in [0.25, 0.3) is 0 Å². The Kier molecular flexibility index (Phi) is 5.23. The second-order valence-corrected chi connectivity index (χ2v) is 6.77. The van der Waals surface area contributed by atoms with Crippen molar-refractivity contribution in [1.29, 1.82) is 0 Å². The van der Waals surface area contributed by atoms with Crippen molar-refractivity contribution in [3.63, 3.8) is 0 Å². The molecule has 0 saturated carbocycles. The molecule has 0 aromatic carbocycles. The van der Waals surface area contributed by atoms with Gasteiger partial charge < -0.3 is 9.88 Å². The van der Waals surface area contributed by atoms with Crippen LogP contribution in [0, 0.1) is 0 Å². The van der Waals surface area contributed by atoms with Gasteiger partial charge in [-0.25, -0.2) is 8.42 Å². The molecule has 0 aliphatic carbocycles. The zero-order valence-corrected chi connectivity index (χ0v) is 11.0. The van der Waals surface area contributed by atoms with E-state index in [1.165, 1.54) is 6.26 Å². The third-order valence-electron chi connectivity index (χ3n) is 1.83. The van der Waals surface area contributed by atoms with Crippen molar-refractivity contribution in [2.45, 2.75) is 5.16 Å². The van der Waals surface area contributed by atoms with Crippen LogP contribution in [-0.4, -0.2) is 54.0 Å². The minimum Gasteiger partial charge on any atom is -0.315 e. The van der Waals surface area contributed by atoms with Crippen molar-refractivity contribution in [3.05, 3.63) is 6.33 Å². The van der Waals surface area contributed by atoms with Crippen LogP contribution < -0.4 is 5.32 Å². The number of sulfone groups is 1. The minimum absolute atomic E-state index is 0.182. The van der Waals surface area contributed by atoms with E-state index in [2.05, 4.69) is 15.5 Å². The monoisotopic (exact) mass is 264 g/mol. The Morgan fingerprint density at radius 1 is 1.50 bits per heavy atom. The lowest BCUT2D eigenvalue weighted by atomic mass is 10.7. The Bertz CT molecular complexity index is 415. The molecule has 0 aliphatic heterocycles. The van der Waals surface area contributed by atoms with Crippen LogP contribution >= 0.6 is 11.8 Å². The van der Waals surface area contributed by atoms with Gasteiger partial charge in [-0.1, -0.05) is 11.8 Å². The quantitative estimate of drug-likeness (QED) is 0.530. The van der Waals surface area contributed by atoms with E-state index >= 15 is 0 Å². The molecule has 16 heavy (non-hydrogen) atoms. The van der Waals surface area contributed by atoms with Crippen molar-refractivity contribution >= 4 is 21.6 Å². The van der Waals surface area contributed by atoms with E-state index in [1.807, 2.05) is 11.6 Å². The lowest BCUT2D eigenvalue weighted by Crippen LogP contribution is -2.24. The average Bonchev–Trinajstić information content (AvgIpc) is 2.56. The number of hydrogen-bond acceptors (Lipinski definition) is 6. The molecule has 8 heteroatoms. The first-order chi connectivity index (χ1) is 7.49. The van der Waals surface area contributed by atoms with Gasteiger partial charge in [0.2, 0.25) is 0 Å². The molecule has 1 aromatic heterocycles. The lowest BCUT2D eigenvalue weighted by Gasteiger charge is -2.03. The molecule has 0 radical (unpaired) electrons. The number of hydrogen-bond donors (Lipinski definition) is 1. The standard InChI is InChI=1S/C8H16N4O2S2/c1-12-7-10-11-8(12)15-5-3-9-4-6-16(2,13)14/h7,9H,3-6H2,1-2H3. The molecule has 1 N–H and O–H groups in total. The third-order valence-corrected chi connectivity index (χ3v) is 3.81. The maximum atomic E-state index is 10.8. The van der Waals surface area contributed by atoms with E-state index in [9.17, 15) is 8.42 Å². The van der Waals surface area contributed by atoms with Gasteiger partial charge >= 0.3 is 0 Å². The van der Waals surface area contributed by atoms with Crippen molar-refractivity contribution in [2.75, 3.05) is 30.9 Å². The fourth-order valence-electron chi connectivity index (χ4n) is 1.00. The Morgan fingerprint density at radius 2 is 2.25 bits per heavy atom. The van der Waals surface area contributed by atoms with Crippen molar-refractivity contribution < 1.29 is 8.42 Å². The van der Waals surface area contributed by atoms with Gasteiger partial charge in [-0.3, -0.25) is 0 Å². The predicted molar refractivity (Wildman–Crippen MR) is 64.3 cm³/mol. The van der Waals surface area contributed by atoms with Gasteiger partial charge in [-0.2, -0.15) is 0 Å². The topological polar surface area (TPSA) is 76.9 Å². The molecule has 0 fully saturated rings. The largest absolute Gasteiger partial charge is 0.315 e. The summed E-state index contributed by atoms with van der Waals surface area (Å²) in [6.07, 6.45) is 2.89. The smallest absolute Gasteiger partial charge is 0.190 e. The summed E-state index contributed by atoms with van der Waals surface area (Å²) in [5.74, 6) is 1.03. The summed E-state index contributed by atoms with van der Waals surface area (Å²) in [5, 5.41) is 11.6. The molecule has 1 heterocycles. The van der Waals surface area contributed by atoms with E-state index in [-0.39, 0.29) is 5.75 Å². The van der Waals surface area contributed by atoms with Crippen LogP contribution in [-0.2, 0) is 16.9 Å². The highest BCUT2D eigenvalue weighted by Gasteiger charge is 2.02. The van der Waals surface area contributed by atoms with Gasteiger partial charge in [0.05, 0.1) is 5.75 Å². The normalized spacial score (nSPS) is 11.9. The van der Waals surface area contributed by atoms with E-state index in [0.717, 1.165) is 17.5 Å². The first kappa shape index (κ1) is 13.5. The first-order valence-corrected chi connectivity index (χ1v) is 7.89. The summed E-state index contributed by atoms with van der Waals surface area (Å²) in [7, 11) is -0.969. The molecular weight excluding hydrogens is 248 g/mol. The number of rotatable bonds is 7. The predicted octanol–water partition coefficient (Wildman–Crippen LogP) is -0.459. The number of nitrogens with zero attached hydrogens (tertiary/aromatic N) is 3. The SMILES string of the molecule is Cn1cnnc1SCCNCCS(C)(=O)=O. The summed E-state index contributed by atoms with van der Waals surface area (Å²) < 4.78 is 23.5. The Hall–Kier alpha value is -0.600. The third kappa shape index (κ3) is 5.47. The molecule has 0 bridgehead atoms.